The minimum Gasteiger partial charge on any atom is -0.457 e. The Hall–Kier alpha value is -2.27. The van der Waals surface area contributed by atoms with E-state index in [1.54, 1.807) is 12.1 Å². The predicted octanol–water partition coefficient (Wildman–Crippen LogP) is 2.23. The van der Waals surface area contributed by atoms with Crippen LogP contribution in [0.1, 0.15) is 5.76 Å². The molecule has 0 aliphatic rings. The van der Waals surface area contributed by atoms with Crippen LogP contribution in [0.15, 0.2) is 54.6 Å². The van der Waals surface area contributed by atoms with Crippen LogP contribution < -0.4 is 16.2 Å². The van der Waals surface area contributed by atoms with Crippen LogP contribution >= 0.6 is 15.9 Å². The first-order chi connectivity index (χ1) is 9.65. The molecule has 4 nitrogen and oxygen atoms in total. The fourth-order valence-corrected chi connectivity index (χ4v) is 2.35. The molecular formula is C15H10BrNO3. The van der Waals surface area contributed by atoms with E-state index in [0.717, 1.165) is 10.0 Å². The monoisotopic (exact) mass is 331 g/mol. The molecule has 0 saturated heterocycles. The van der Waals surface area contributed by atoms with Gasteiger partial charge in [-0.25, -0.2) is 9.95 Å². The maximum atomic E-state index is 11.5. The molecule has 0 atom stereocenters. The molecule has 2 aromatic heterocycles. The van der Waals surface area contributed by atoms with Gasteiger partial charge in [-0.2, -0.15) is 0 Å². The van der Waals surface area contributed by atoms with Crippen molar-refractivity contribution in [1.82, 2.24) is 5.16 Å². The minimum absolute atomic E-state index is 0.359. The van der Waals surface area contributed by atoms with Gasteiger partial charge in [-0.1, -0.05) is 40.7 Å². The molecule has 0 saturated carbocycles. The van der Waals surface area contributed by atoms with Crippen molar-refractivity contribution < 1.29 is 8.94 Å². The molecule has 5 heteroatoms. The standard InChI is InChI=1S/C15H10BrNO3/c1-9-12(15(18)20-17-9)8-10-6-7-14(19-10)11-4-2-3-5-13(11)16/h2-8,17H,1H2. The molecule has 2 heterocycles. The Morgan fingerprint density at radius 3 is 2.70 bits per heavy atom. The molecule has 3 rings (SSSR count). The summed E-state index contributed by atoms with van der Waals surface area (Å²) in [6, 6.07) is 11.4. The first-order valence-corrected chi connectivity index (χ1v) is 6.67. The Labute approximate surface area is 122 Å². The third kappa shape index (κ3) is 2.28. The second-order valence-corrected chi connectivity index (χ2v) is 5.06. The van der Waals surface area contributed by atoms with Gasteiger partial charge in [0.2, 0.25) is 0 Å². The van der Waals surface area contributed by atoms with Crippen LogP contribution in [0.4, 0.5) is 0 Å². The van der Waals surface area contributed by atoms with Gasteiger partial charge in [0.05, 0.1) is 10.6 Å². The molecule has 20 heavy (non-hydrogen) atoms. The summed E-state index contributed by atoms with van der Waals surface area (Å²) in [6.07, 6.45) is 1.60. The zero-order valence-corrected chi connectivity index (χ0v) is 11.9. The highest BCUT2D eigenvalue weighted by Gasteiger charge is 2.07. The zero-order chi connectivity index (χ0) is 14.1. The summed E-state index contributed by atoms with van der Waals surface area (Å²) in [5, 5.41) is 3.21. The predicted molar refractivity (Wildman–Crippen MR) is 79.5 cm³/mol. The van der Waals surface area contributed by atoms with E-state index in [1.165, 1.54) is 0 Å². The molecule has 0 unspecified atom stereocenters. The number of rotatable bonds is 2. The van der Waals surface area contributed by atoms with Crippen molar-refractivity contribution in [2.75, 3.05) is 0 Å². The number of hydrogen-bond donors (Lipinski definition) is 1. The third-order valence-electron chi connectivity index (χ3n) is 2.86. The average molecular weight is 332 g/mol. The van der Waals surface area contributed by atoms with Crippen LogP contribution in [-0.2, 0) is 0 Å². The molecule has 0 spiro atoms. The van der Waals surface area contributed by atoms with Gasteiger partial charge >= 0.3 is 5.63 Å². The van der Waals surface area contributed by atoms with Gasteiger partial charge in [-0.15, -0.1) is 0 Å². The summed E-state index contributed by atoms with van der Waals surface area (Å²) < 4.78 is 11.3. The number of aromatic nitrogens is 1. The third-order valence-corrected chi connectivity index (χ3v) is 3.56. The lowest BCUT2D eigenvalue weighted by Crippen LogP contribution is -2.31. The molecule has 0 amide bonds. The Kier molecular flexibility index (Phi) is 3.20. The number of hydrogen-bond acceptors (Lipinski definition) is 3. The highest BCUT2D eigenvalue weighted by molar-refractivity contribution is 9.10. The average Bonchev–Trinajstić information content (AvgIpc) is 3.02. The Morgan fingerprint density at radius 1 is 1.20 bits per heavy atom. The van der Waals surface area contributed by atoms with E-state index in [9.17, 15) is 4.79 Å². The van der Waals surface area contributed by atoms with Gasteiger partial charge < -0.3 is 8.94 Å². The van der Waals surface area contributed by atoms with E-state index in [1.807, 2.05) is 30.3 Å². The summed E-state index contributed by atoms with van der Waals surface area (Å²) in [5.74, 6) is 1.28. The summed E-state index contributed by atoms with van der Waals surface area (Å²) in [4.78, 5) is 11.5. The van der Waals surface area contributed by atoms with E-state index >= 15 is 0 Å². The topological polar surface area (TPSA) is 59.1 Å². The van der Waals surface area contributed by atoms with Gasteiger partial charge in [-0.05, 0) is 24.3 Å². The van der Waals surface area contributed by atoms with E-state index in [-0.39, 0.29) is 0 Å². The molecule has 0 radical (unpaired) electrons. The second kappa shape index (κ2) is 5.02. The summed E-state index contributed by atoms with van der Waals surface area (Å²) >= 11 is 3.48. The van der Waals surface area contributed by atoms with E-state index in [0.29, 0.717) is 22.1 Å². The minimum atomic E-state index is -0.464. The quantitative estimate of drug-likeness (QED) is 0.783. The van der Waals surface area contributed by atoms with Gasteiger partial charge in [0.25, 0.3) is 0 Å². The van der Waals surface area contributed by atoms with Gasteiger partial charge in [0.15, 0.2) is 0 Å². The normalized spacial score (nSPS) is 11.9. The van der Waals surface area contributed by atoms with Crippen molar-refractivity contribution >= 4 is 28.6 Å². The van der Waals surface area contributed by atoms with Crippen LogP contribution in [0, 0.1) is 0 Å². The van der Waals surface area contributed by atoms with Crippen LogP contribution in [0.2, 0.25) is 0 Å². The number of H-pyrrole nitrogens is 1. The van der Waals surface area contributed by atoms with E-state index in [2.05, 4.69) is 32.2 Å². The van der Waals surface area contributed by atoms with E-state index < -0.39 is 5.63 Å². The number of furan rings is 1. The van der Waals surface area contributed by atoms with Crippen molar-refractivity contribution in [2.24, 2.45) is 0 Å². The Bertz CT molecular complexity index is 886. The fraction of sp³-hybridized carbons (Fsp3) is 0. The first kappa shape index (κ1) is 12.7. The summed E-state index contributed by atoms with van der Waals surface area (Å²) in [7, 11) is 0. The number of halogens is 1. The number of benzene rings is 1. The first-order valence-electron chi connectivity index (χ1n) is 5.88. The largest absolute Gasteiger partial charge is 0.457 e. The lowest BCUT2D eigenvalue weighted by Gasteiger charge is -1.99. The highest BCUT2D eigenvalue weighted by Crippen LogP contribution is 2.29. The molecule has 100 valence electrons. The maximum Gasteiger partial charge on any atom is 0.365 e. The van der Waals surface area contributed by atoms with Crippen molar-refractivity contribution in [1.29, 1.82) is 0 Å². The van der Waals surface area contributed by atoms with Crippen LogP contribution in [-0.4, -0.2) is 5.16 Å². The van der Waals surface area contributed by atoms with Crippen molar-refractivity contribution in [3.05, 3.63) is 67.6 Å². The molecule has 0 aliphatic heterocycles. The van der Waals surface area contributed by atoms with Crippen LogP contribution in [0.3, 0.4) is 0 Å². The summed E-state index contributed by atoms with van der Waals surface area (Å²) in [6.45, 7) is 3.69. The maximum absolute atomic E-state index is 11.5. The lowest BCUT2D eigenvalue weighted by atomic mass is 10.2. The fourth-order valence-electron chi connectivity index (χ4n) is 1.87. The molecule has 0 aliphatic carbocycles. The zero-order valence-electron chi connectivity index (χ0n) is 10.4. The van der Waals surface area contributed by atoms with Gasteiger partial charge in [0.1, 0.15) is 11.5 Å². The molecule has 3 aromatic rings. The van der Waals surface area contributed by atoms with Crippen LogP contribution in [0.25, 0.3) is 24.0 Å². The number of nitrogens with one attached hydrogen (secondary N) is 1. The van der Waals surface area contributed by atoms with E-state index in [4.69, 9.17) is 4.42 Å². The lowest BCUT2D eigenvalue weighted by molar-refractivity contribution is 0.386. The number of aromatic amines is 1. The highest BCUT2D eigenvalue weighted by atomic mass is 79.9. The molecule has 1 N–H and O–H groups in total. The van der Waals surface area contributed by atoms with Crippen LogP contribution in [0.5, 0.6) is 0 Å². The van der Waals surface area contributed by atoms with Gasteiger partial charge in [-0.3, -0.25) is 0 Å². The second-order valence-electron chi connectivity index (χ2n) is 4.21. The smallest absolute Gasteiger partial charge is 0.365 e. The SMILES string of the molecule is C=c1[nH]oc(=O)c1=Cc1ccc(-c2ccccc2Br)o1. The molecule has 0 fully saturated rings. The van der Waals surface area contributed by atoms with Gasteiger partial charge in [0, 0.05) is 10.0 Å². The van der Waals surface area contributed by atoms with Crippen molar-refractivity contribution in [2.45, 2.75) is 0 Å². The Balaban J connectivity index is 2.09. The molecule has 0 bridgehead atoms. The van der Waals surface area contributed by atoms with Crippen molar-refractivity contribution in [3.8, 4) is 11.3 Å². The summed E-state index contributed by atoms with van der Waals surface area (Å²) in [5.41, 5.74) is 0.483. The Morgan fingerprint density at radius 2 is 2.00 bits per heavy atom. The molecular weight excluding hydrogens is 322 g/mol. The van der Waals surface area contributed by atoms with Crippen molar-refractivity contribution in [3.63, 3.8) is 0 Å². The molecule has 1 aromatic carbocycles.